The second kappa shape index (κ2) is 4.58. The maximum atomic E-state index is 10.0. The highest BCUT2D eigenvalue weighted by Crippen LogP contribution is 2.42. The molecule has 0 amide bonds. The topological polar surface area (TPSA) is 20.2 Å². The standard InChI is InChI=1S/C15H22O/c1-4-5-15(16)12-6-7-13-10(2)8-11(3)14(13)9-12/h6-7,9-11,15-16H,4-5,8H2,1-3H3/t10-,11-,15?/m0/s1. The van der Waals surface area contributed by atoms with Crippen molar-refractivity contribution in [2.75, 3.05) is 0 Å². The third-order valence-electron chi connectivity index (χ3n) is 3.83. The minimum absolute atomic E-state index is 0.279. The van der Waals surface area contributed by atoms with Crippen LogP contribution in [0.3, 0.4) is 0 Å². The molecule has 0 spiro atoms. The monoisotopic (exact) mass is 218 g/mol. The summed E-state index contributed by atoms with van der Waals surface area (Å²) in [6, 6.07) is 6.55. The van der Waals surface area contributed by atoms with Crippen molar-refractivity contribution in [2.24, 2.45) is 0 Å². The van der Waals surface area contributed by atoms with Crippen LogP contribution in [0.15, 0.2) is 18.2 Å². The number of hydrogen-bond acceptors (Lipinski definition) is 1. The van der Waals surface area contributed by atoms with Crippen molar-refractivity contribution in [3.05, 3.63) is 34.9 Å². The predicted octanol–water partition coefficient (Wildman–Crippen LogP) is 4.13. The average Bonchev–Trinajstić information content (AvgIpc) is 2.55. The van der Waals surface area contributed by atoms with Crippen molar-refractivity contribution < 1.29 is 5.11 Å². The number of hydrogen-bond donors (Lipinski definition) is 1. The van der Waals surface area contributed by atoms with Crippen molar-refractivity contribution in [1.29, 1.82) is 0 Å². The van der Waals surface area contributed by atoms with Gasteiger partial charge in [0.05, 0.1) is 6.10 Å². The number of aliphatic hydroxyl groups is 1. The van der Waals surface area contributed by atoms with Gasteiger partial charge < -0.3 is 5.11 Å². The molecule has 1 aliphatic carbocycles. The van der Waals surface area contributed by atoms with E-state index >= 15 is 0 Å². The maximum absolute atomic E-state index is 10.0. The highest BCUT2D eigenvalue weighted by Gasteiger charge is 2.25. The third-order valence-corrected chi connectivity index (χ3v) is 3.83. The van der Waals surface area contributed by atoms with E-state index in [1.165, 1.54) is 17.5 Å². The molecule has 1 aromatic rings. The van der Waals surface area contributed by atoms with Gasteiger partial charge in [0.25, 0.3) is 0 Å². The van der Waals surface area contributed by atoms with E-state index in [1.54, 1.807) is 0 Å². The van der Waals surface area contributed by atoms with Crippen molar-refractivity contribution in [1.82, 2.24) is 0 Å². The minimum atomic E-state index is -0.279. The average molecular weight is 218 g/mol. The minimum Gasteiger partial charge on any atom is -0.388 e. The van der Waals surface area contributed by atoms with Gasteiger partial charge in [-0.15, -0.1) is 0 Å². The summed E-state index contributed by atoms with van der Waals surface area (Å²) in [4.78, 5) is 0. The van der Waals surface area contributed by atoms with Gasteiger partial charge in [0, 0.05) is 0 Å². The summed E-state index contributed by atoms with van der Waals surface area (Å²) in [5.74, 6) is 1.33. The van der Waals surface area contributed by atoms with Crippen LogP contribution in [0.5, 0.6) is 0 Å². The summed E-state index contributed by atoms with van der Waals surface area (Å²) in [5.41, 5.74) is 4.04. The summed E-state index contributed by atoms with van der Waals surface area (Å²) in [6.45, 7) is 6.70. The Morgan fingerprint density at radius 2 is 1.94 bits per heavy atom. The van der Waals surface area contributed by atoms with Crippen LogP contribution in [-0.4, -0.2) is 5.11 Å². The van der Waals surface area contributed by atoms with Crippen molar-refractivity contribution in [3.63, 3.8) is 0 Å². The molecule has 16 heavy (non-hydrogen) atoms. The molecule has 1 heteroatoms. The first-order valence-corrected chi connectivity index (χ1v) is 6.45. The van der Waals surface area contributed by atoms with E-state index in [2.05, 4.69) is 39.0 Å². The Kier molecular flexibility index (Phi) is 3.34. The van der Waals surface area contributed by atoms with E-state index < -0.39 is 0 Å². The van der Waals surface area contributed by atoms with Crippen molar-refractivity contribution >= 4 is 0 Å². The second-order valence-corrected chi connectivity index (χ2v) is 5.23. The van der Waals surface area contributed by atoms with Gasteiger partial charge in [0.2, 0.25) is 0 Å². The molecule has 88 valence electrons. The van der Waals surface area contributed by atoms with Crippen LogP contribution < -0.4 is 0 Å². The molecule has 0 radical (unpaired) electrons. The molecule has 0 saturated carbocycles. The van der Waals surface area contributed by atoms with Crippen molar-refractivity contribution in [3.8, 4) is 0 Å². The molecule has 1 aromatic carbocycles. The van der Waals surface area contributed by atoms with E-state index in [0.717, 1.165) is 18.4 Å². The lowest BCUT2D eigenvalue weighted by Crippen LogP contribution is -1.99. The van der Waals surface area contributed by atoms with Crippen LogP contribution >= 0.6 is 0 Å². The summed E-state index contributed by atoms with van der Waals surface area (Å²) in [7, 11) is 0. The smallest absolute Gasteiger partial charge is 0.0790 e. The molecular weight excluding hydrogens is 196 g/mol. The quantitative estimate of drug-likeness (QED) is 0.808. The molecular formula is C15H22O. The third kappa shape index (κ3) is 2.01. The fraction of sp³-hybridized carbons (Fsp3) is 0.600. The maximum Gasteiger partial charge on any atom is 0.0790 e. The van der Waals surface area contributed by atoms with Crippen molar-refractivity contribution in [2.45, 2.75) is 58.0 Å². The first-order valence-electron chi connectivity index (χ1n) is 6.45. The first-order chi connectivity index (χ1) is 7.63. The van der Waals surface area contributed by atoms with E-state index in [9.17, 15) is 5.11 Å². The Labute approximate surface area is 98.5 Å². The lowest BCUT2D eigenvalue weighted by molar-refractivity contribution is 0.166. The molecule has 0 aliphatic heterocycles. The molecule has 0 aromatic heterocycles. The van der Waals surface area contributed by atoms with Gasteiger partial charge >= 0.3 is 0 Å². The van der Waals surface area contributed by atoms with Gasteiger partial charge in [-0.1, -0.05) is 45.4 Å². The molecule has 1 unspecified atom stereocenters. The van der Waals surface area contributed by atoms with Crippen LogP contribution in [0, 0.1) is 0 Å². The van der Waals surface area contributed by atoms with Crippen LogP contribution in [0.1, 0.15) is 74.7 Å². The number of rotatable bonds is 3. The molecule has 1 aliphatic rings. The van der Waals surface area contributed by atoms with E-state index in [4.69, 9.17) is 0 Å². The number of benzene rings is 1. The van der Waals surface area contributed by atoms with Gasteiger partial charge in [-0.3, -0.25) is 0 Å². The van der Waals surface area contributed by atoms with Crippen LogP contribution in [-0.2, 0) is 0 Å². The van der Waals surface area contributed by atoms with Crippen LogP contribution in [0.25, 0.3) is 0 Å². The Morgan fingerprint density at radius 3 is 2.62 bits per heavy atom. The molecule has 0 fully saturated rings. The molecule has 1 N–H and O–H groups in total. The number of fused-ring (bicyclic) bond motifs is 1. The van der Waals surface area contributed by atoms with E-state index in [1.807, 2.05) is 0 Å². The molecule has 2 rings (SSSR count). The van der Waals surface area contributed by atoms with Gasteiger partial charge in [-0.25, -0.2) is 0 Å². The molecule has 1 nitrogen and oxygen atoms in total. The first kappa shape index (κ1) is 11.7. The normalized spacial score (nSPS) is 25.5. The highest BCUT2D eigenvalue weighted by atomic mass is 16.3. The largest absolute Gasteiger partial charge is 0.388 e. The number of aliphatic hydroxyl groups excluding tert-OH is 1. The predicted molar refractivity (Wildman–Crippen MR) is 67.8 cm³/mol. The second-order valence-electron chi connectivity index (χ2n) is 5.23. The van der Waals surface area contributed by atoms with Gasteiger partial charge in [-0.05, 0) is 41.4 Å². The zero-order valence-corrected chi connectivity index (χ0v) is 10.5. The van der Waals surface area contributed by atoms with Gasteiger partial charge in [0.15, 0.2) is 0 Å². The van der Waals surface area contributed by atoms with Crippen LogP contribution in [0.2, 0.25) is 0 Å². The summed E-state index contributed by atoms with van der Waals surface area (Å²) < 4.78 is 0. The summed E-state index contributed by atoms with van der Waals surface area (Å²) in [5, 5.41) is 10.0. The van der Waals surface area contributed by atoms with E-state index in [-0.39, 0.29) is 6.10 Å². The lowest BCUT2D eigenvalue weighted by Gasteiger charge is -2.13. The Balaban J connectivity index is 2.29. The SMILES string of the molecule is CCCC(O)c1ccc2c(c1)[C@@H](C)C[C@@H]2C. The van der Waals surface area contributed by atoms with E-state index in [0.29, 0.717) is 11.8 Å². The summed E-state index contributed by atoms with van der Waals surface area (Å²) >= 11 is 0. The van der Waals surface area contributed by atoms with Gasteiger partial charge in [-0.2, -0.15) is 0 Å². The fourth-order valence-corrected chi connectivity index (χ4v) is 2.90. The Bertz CT molecular complexity index is 370. The summed E-state index contributed by atoms with van der Waals surface area (Å²) in [6.07, 6.45) is 2.87. The highest BCUT2D eigenvalue weighted by molar-refractivity contribution is 5.41. The molecule has 0 heterocycles. The molecule has 0 bridgehead atoms. The fourth-order valence-electron chi connectivity index (χ4n) is 2.90. The van der Waals surface area contributed by atoms with Gasteiger partial charge in [0.1, 0.15) is 0 Å². The van der Waals surface area contributed by atoms with Crippen LogP contribution in [0.4, 0.5) is 0 Å². The molecule has 0 saturated heterocycles. The zero-order chi connectivity index (χ0) is 11.7. The Hall–Kier alpha value is -0.820. The lowest BCUT2D eigenvalue weighted by atomic mass is 9.96. The Morgan fingerprint density at radius 1 is 1.25 bits per heavy atom. The zero-order valence-electron chi connectivity index (χ0n) is 10.5. The molecule has 3 atom stereocenters.